The maximum Gasteiger partial charge on any atom is 0.337 e. The Kier molecular flexibility index (Phi) is 5.19. The van der Waals surface area contributed by atoms with Gasteiger partial charge in [-0.1, -0.05) is 41.9 Å². The lowest BCUT2D eigenvalue weighted by Crippen LogP contribution is -2.15. The summed E-state index contributed by atoms with van der Waals surface area (Å²) in [6.07, 6.45) is 2.25. The highest BCUT2D eigenvalue weighted by atomic mass is 35.5. The molecule has 0 aliphatic carbocycles. The van der Waals surface area contributed by atoms with Gasteiger partial charge in [-0.2, -0.15) is 0 Å². The van der Waals surface area contributed by atoms with E-state index in [1.54, 1.807) is 36.4 Å². The largest absolute Gasteiger partial charge is 0.465 e. The Labute approximate surface area is 172 Å². The van der Waals surface area contributed by atoms with Crippen LogP contribution in [0.4, 0.5) is 0 Å². The molecule has 0 aliphatic rings. The molecule has 0 aliphatic heterocycles. The molecule has 0 saturated heterocycles. The van der Waals surface area contributed by atoms with E-state index < -0.39 is 5.97 Å². The smallest absolute Gasteiger partial charge is 0.337 e. The summed E-state index contributed by atoms with van der Waals surface area (Å²) in [6, 6.07) is 22.2. The number of hydrogen-bond donors (Lipinski definition) is 0. The number of hydrogen-bond acceptors (Lipinski definition) is 3. The first-order valence-corrected chi connectivity index (χ1v) is 9.51. The SMILES string of the molecule is COC(=O)c1cccc(Cc2cn(-c3ccccc3)c3cc(Cl)ccc3c2=O)c1. The predicted octanol–water partition coefficient (Wildman–Crippen LogP) is 5.02. The Morgan fingerprint density at radius 2 is 1.79 bits per heavy atom. The summed E-state index contributed by atoms with van der Waals surface area (Å²) >= 11 is 6.20. The lowest BCUT2D eigenvalue weighted by atomic mass is 10.0. The lowest BCUT2D eigenvalue weighted by Gasteiger charge is -2.14. The molecule has 0 atom stereocenters. The first-order valence-electron chi connectivity index (χ1n) is 9.13. The number of fused-ring (bicyclic) bond motifs is 1. The van der Waals surface area contributed by atoms with E-state index in [4.69, 9.17) is 16.3 Å². The van der Waals surface area contributed by atoms with Gasteiger partial charge in [0.1, 0.15) is 0 Å². The molecule has 0 N–H and O–H groups in total. The number of nitrogens with zero attached hydrogens (tertiary/aromatic N) is 1. The molecule has 0 fully saturated rings. The summed E-state index contributed by atoms with van der Waals surface area (Å²) in [5.41, 5.74) is 3.59. The molecule has 4 aromatic rings. The van der Waals surface area contributed by atoms with E-state index in [0.717, 1.165) is 16.8 Å². The second-order valence-electron chi connectivity index (χ2n) is 6.72. The van der Waals surface area contributed by atoms with Crippen LogP contribution in [0.3, 0.4) is 0 Å². The third kappa shape index (κ3) is 3.80. The molecule has 0 amide bonds. The van der Waals surface area contributed by atoms with E-state index in [9.17, 15) is 9.59 Å². The minimum Gasteiger partial charge on any atom is -0.465 e. The lowest BCUT2D eigenvalue weighted by molar-refractivity contribution is 0.0600. The minimum absolute atomic E-state index is 0.0488. The van der Waals surface area contributed by atoms with Crippen molar-refractivity contribution in [1.82, 2.24) is 4.57 Å². The standard InChI is InChI=1S/C24H18ClNO3/c1-29-24(28)17-7-5-6-16(12-17)13-18-15-26(20-8-3-2-4-9-20)22-14-19(25)10-11-21(22)23(18)27/h2-12,14-15H,13H2,1H3. The number of methoxy groups -OCH3 is 1. The molecule has 4 rings (SSSR count). The molecule has 0 bridgehead atoms. The van der Waals surface area contributed by atoms with Gasteiger partial charge in [0.2, 0.25) is 0 Å². The first kappa shape index (κ1) is 19.0. The average molecular weight is 404 g/mol. The predicted molar refractivity (Wildman–Crippen MR) is 115 cm³/mol. The van der Waals surface area contributed by atoms with Crippen molar-refractivity contribution in [2.24, 2.45) is 0 Å². The highest BCUT2D eigenvalue weighted by molar-refractivity contribution is 6.31. The number of esters is 1. The minimum atomic E-state index is -0.401. The third-order valence-electron chi connectivity index (χ3n) is 4.82. The van der Waals surface area contributed by atoms with Gasteiger partial charge in [0.15, 0.2) is 5.43 Å². The van der Waals surface area contributed by atoms with Crippen LogP contribution in [0.5, 0.6) is 0 Å². The zero-order chi connectivity index (χ0) is 20.4. The van der Waals surface area contributed by atoms with Crippen molar-refractivity contribution < 1.29 is 9.53 Å². The maximum absolute atomic E-state index is 13.2. The number of pyridine rings is 1. The summed E-state index contributed by atoms with van der Waals surface area (Å²) in [5, 5.41) is 1.17. The van der Waals surface area contributed by atoms with Gasteiger partial charge >= 0.3 is 5.97 Å². The number of halogens is 1. The average Bonchev–Trinajstić information content (AvgIpc) is 2.76. The van der Waals surface area contributed by atoms with Gasteiger partial charge in [0.25, 0.3) is 0 Å². The number of para-hydroxylation sites is 1. The Morgan fingerprint density at radius 3 is 2.55 bits per heavy atom. The Hall–Kier alpha value is -3.37. The van der Waals surface area contributed by atoms with E-state index >= 15 is 0 Å². The van der Waals surface area contributed by atoms with E-state index in [1.165, 1.54) is 7.11 Å². The van der Waals surface area contributed by atoms with Crippen LogP contribution in [0.15, 0.2) is 83.8 Å². The van der Waals surface area contributed by atoms with Gasteiger partial charge in [-0.25, -0.2) is 4.79 Å². The summed E-state index contributed by atoms with van der Waals surface area (Å²) in [4.78, 5) is 25.0. The normalized spacial score (nSPS) is 10.8. The van der Waals surface area contributed by atoms with Crippen LogP contribution in [0.25, 0.3) is 16.6 Å². The van der Waals surface area contributed by atoms with Gasteiger partial charge in [0.05, 0.1) is 18.2 Å². The second kappa shape index (κ2) is 7.94. The highest BCUT2D eigenvalue weighted by Gasteiger charge is 2.13. The van der Waals surface area contributed by atoms with Crippen LogP contribution in [0, 0.1) is 0 Å². The zero-order valence-corrected chi connectivity index (χ0v) is 16.5. The van der Waals surface area contributed by atoms with Crippen LogP contribution < -0.4 is 5.43 Å². The van der Waals surface area contributed by atoms with Crippen molar-refractivity contribution in [2.75, 3.05) is 7.11 Å². The second-order valence-corrected chi connectivity index (χ2v) is 7.16. The first-order chi connectivity index (χ1) is 14.1. The molecule has 1 heterocycles. The molecular weight excluding hydrogens is 386 g/mol. The van der Waals surface area contributed by atoms with E-state index in [1.807, 2.05) is 47.2 Å². The molecule has 144 valence electrons. The van der Waals surface area contributed by atoms with E-state index in [0.29, 0.717) is 28.0 Å². The molecular formula is C24H18ClNO3. The summed E-state index contributed by atoms with van der Waals surface area (Å²) < 4.78 is 6.77. The van der Waals surface area contributed by atoms with Crippen molar-refractivity contribution >= 4 is 28.5 Å². The molecule has 0 unspecified atom stereocenters. The molecule has 0 saturated carbocycles. The fraction of sp³-hybridized carbons (Fsp3) is 0.0833. The van der Waals surface area contributed by atoms with Gasteiger partial charge in [-0.15, -0.1) is 0 Å². The quantitative estimate of drug-likeness (QED) is 0.449. The monoisotopic (exact) mass is 403 g/mol. The molecule has 4 nitrogen and oxygen atoms in total. The number of carbonyl (C=O) groups excluding carboxylic acids is 1. The zero-order valence-electron chi connectivity index (χ0n) is 15.8. The number of rotatable bonds is 4. The third-order valence-corrected chi connectivity index (χ3v) is 5.05. The number of ether oxygens (including phenoxy) is 1. The van der Waals surface area contributed by atoms with Crippen LogP contribution in [0.1, 0.15) is 21.5 Å². The molecule has 0 radical (unpaired) electrons. The van der Waals surface area contributed by atoms with Crippen LogP contribution >= 0.6 is 11.6 Å². The van der Waals surface area contributed by atoms with Crippen molar-refractivity contribution in [3.63, 3.8) is 0 Å². The van der Waals surface area contributed by atoms with Crippen LogP contribution in [0.2, 0.25) is 5.02 Å². The van der Waals surface area contributed by atoms with Crippen LogP contribution in [-0.4, -0.2) is 17.6 Å². The van der Waals surface area contributed by atoms with Gasteiger partial charge < -0.3 is 9.30 Å². The van der Waals surface area contributed by atoms with Gasteiger partial charge in [0, 0.05) is 34.3 Å². The van der Waals surface area contributed by atoms with Crippen LogP contribution in [-0.2, 0) is 11.2 Å². The van der Waals surface area contributed by atoms with Crippen molar-refractivity contribution in [1.29, 1.82) is 0 Å². The fourth-order valence-electron chi connectivity index (χ4n) is 3.43. The van der Waals surface area contributed by atoms with Crippen molar-refractivity contribution in [2.45, 2.75) is 6.42 Å². The highest BCUT2D eigenvalue weighted by Crippen LogP contribution is 2.22. The summed E-state index contributed by atoms with van der Waals surface area (Å²) in [5.74, 6) is -0.401. The van der Waals surface area contributed by atoms with Crippen molar-refractivity contribution in [3.8, 4) is 5.69 Å². The topological polar surface area (TPSA) is 48.3 Å². The van der Waals surface area contributed by atoms with E-state index in [2.05, 4.69) is 0 Å². The number of carbonyl (C=O) groups is 1. The molecule has 3 aromatic carbocycles. The number of benzene rings is 3. The fourth-order valence-corrected chi connectivity index (χ4v) is 3.59. The van der Waals surface area contributed by atoms with Gasteiger partial charge in [-0.05, 0) is 48.0 Å². The van der Waals surface area contributed by atoms with Gasteiger partial charge in [-0.3, -0.25) is 4.79 Å². The molecule has 1 aromatic heterocycles. The summed E-state index contributed by atoms with van der Waals surface area (Å²) in [6.45, 7) is 0. The Morgan fingerprint density at radius 1 is 1.00 bits per heavy atom. The number of aromatic nitrogens is 1. The van der Waals surface area contributed by atoms with Crippen molar-refractivity contribution in [3.05, 3.63) is 111 Å². The molecule has 29 heavy (non-hydrogen) atoms. The maximum atomic E-state index is 13.2. The summed E-state index contributed by atoms with van der Waals surface area (Å²) in [7, 11) is 1.35. The Balaban J connectivity index is 1.88. The Bertz CT molecular complexity index is 1260. The van der Waals surface area contributed by atoms with E-state index in [-0.39, 0.29) is 5.43 Å². The molecule has 5 heteroatoms. The molecule has 0 spiro atoms.